The first kappa shape index (κ1) is 24.3. The van der Waals surface area contributed by atoms with Crippen LogP contribution in [0, 0.1) is 9.49 Å². The van der Waals surface area contributed by atoms with E-state index in [0.717, 1.165) is 14.2 Å². The molecule has 0 spiro atoms. The van der Waals surface area contributed by atoms with Crippen LogP contribution in [0.5, 0.6) is 11.5 Å². The number of halogens is 1. The molecule has 178 valence electrons. The van der Waals surface area contributed by atoms with Crippen LogP contribution in [0.25, 0.3) is 11.2 Å². The molecule has 13 heteroatoms. The Morgan fingerprint density at radius 3 is 2.70 bits per heavy atom. The van der Waals surface area contributed by atoms with Crippen LogP contribution in [0.1, 0.15) is 20.3 Å². The average molecular weight is 604 g/mol. The Morgan fingerprint density at radius 2 is 1.97 bits per heavy atom. The van der Waals surface area contributed by atoms with Crippen molar-refractivity contribution in [3.8, 4) is 11.5 Å². The number of ether oxygens (including phenoxy) is 2. The number of benzene rings is 1. The van der Waals surface area contributed by atoms with Gasteiger partial charge in [0.2, 0.25) is 10.0 Å². The summed E-state index contributed by atoms with van der Waals surface area (Å²) in [5, 5.41) is 0.692. The number of nitrogens with two attached hydrogens (primary N) is 1. The number of nitrogens with one attached hydrogen (secondary N) is 1. The normalized spacial score (nSPS) is 13.7. The smallest absolute Gasteiger partial charge is 0.211 e. The van der Waals surface area contributed by atoms with Gasteiger partial charge in [0, 0.05) is 21.6 Å². The van der Waals surface area contributed by atoms with Crippen molar-refractivity contribution in [2.45, 2.75) is 36.9 Å². The molecule has 3 aromatic rings. The lowest BCUT2D eigenvalue weighted by Gasteiger charge is -2.19. The molecule has 0 amide bonds. The van der Waals surface area contributed by atoms with Gasteiger partial charge in [-0.05, 0) is 47.1 Å². The highest BCUT2D eigenvalue weighted by Gasteiger charge is 2.20. The quantitative estimate of drug-likeness (QED) is 0.279. The van der Waals surface area contributed by atoms with Gasteiger partial charge >= 0.3 is 0 Å². The lowest BCUT2D eigenvalue weighted by molar-refractivity contribution is 0.171. The molecule has 1 aromatic carbocycles. The molecule has 0 bridgehead atoms. The van der Waals surface area contributed by atoms with Crippen molar-refractivity contribution in [2.75, 3.05) is 31.2 Å². The molecule has 0 radical (unpaired) electrons. The summed E-state index contributed by atoms with van der Waals surface area (Å²) < 4.78 is 41.3. The molecule has 33 heavy (non-hydrogen) atoms. The number of sulfonamides is 1. The molecular weight excluding hydrogens is 579 g/mol. The van der Waals surface area contributed by atoms with Crippen LogP contribution >= 0.6 is 34.4 Å². The Hall–Kier alpha value is -1.84. The summed E-state index contributed by atoms with van der Waals surface area (Å²) in [6.07, 6.45) is 1.97. The van der Waals surface area contributed by atoms with Crippen molar-refractivity contribution in [1.82, 2.24) is 24.2 Å². The molecule has 3 heterocycles. The minimum Gasteiger partial charge on any atom is -0.486 e. The first-order valence-corrected chi connectivity index (χ1v) is 14.0. The first-order valence-electron chi connectivity index (χ1n) is 10.4. The molecule has 2 aromatic heterocycles. The van der Waals surface area contributed by atoms with Gasteiger partial charge < -0.3 is 19.8 Å². The van der Waals surface area contributed by atoms with Crippen molar-refractivity contribution < 1.29 is 17.9 Å². The highest BCUT2D eigenvalue weighted by molar-refractivity contribution is 14.1. The Morgan fingerprint density at radius 1 is 1.24 bits per heavy atom. The maximum atomic E-state index is 12.1. The molecule has 0 saturated heterocycles. The van der Waals surface area contributed by atoms with Crippen LogP contribution in [-0.2, 0) is 16.6 Å². The second-order valence-corrected chi connectivity index (χ2v) is 12.0. The van der Waals surface area contributed by atoms with E-state index >= 15 is 0 Å². The fourth-order valence-electron chi connectivity index (χ4n) is 3.40. The van der Waals surface area contributed by atoms with E-state index < -0.39 is 10.0 Å². The largest absolute Gasteiger partial charge is 0.486 e. The third-order valence-electron chi connectivity index (χ3n) is 4.76. The molecule has 0 saturated carbocycles. The van der Waals surface area contributed by atoms with E-state index in [1.807, 2.05) is 30.5 Å². The summed E-state index contributed by atoms with van der Waals surface area (Å²) in [6.45, 7) is 5.63. The number of fused-ring (bicyclic) bond motifs is 2. The van der Waals surface area contributed by atoms with Crippen LogP contribution in [0.2, 0.25) is 0 Å². The number of imidazole rings is 1. The van der Waals surface area contributed by atoms with Gasteiger partial charge in [-0.3, -0.25) is 0 Å². The molecule has 0 unspecified atom stereocenters. The molecule has 10 nitrogen and oxygen atoms in total. The highest BCUT2D eigenvalue weighted by atomic mass is 127. The van der Waals surface area contributed by atoms with E-state index in [-0.39, 0.29) is 11.7 Å². The zero-order valence-corrected chi connectivity index (χ0v) is 22.0. The van der Waals surface area contributed by atoms with E-state index in [9.17, 15) is 8.42 Å². The Bertz CT molecular complexity index is 1270. The molecule has 0 fully saturated rings. The monoisotopic (exact) mass is 604 g/mol. The van der Waals surface area contributed by atoms with Gasteiger partial charge in [0.15, 0.2) is 33.6 Å². The molecular formula is C20H25IN6O4S2. The van der Waals surface area contributed by atoms with E-state index in [0.29, 0.717) is 60.6 Å². The summed E-state index contributed by atoms with van der Waals surface area (Å²) in [7, 11) is -3.30. The molecule has 0 atom stereocenters. The Balaban J connectivity index is 1.57. The van der Waals surface area contributed by atoms with Crippen molar-refractivity contribution >= 4 is 61.4 Å². The molecule has 1 aliphatic heterocycles. The first-order chi connectivity index (χ1) is 15.7. The number of hydrogen-bond donors (Lipinski definition) is 2. The van der Waals surface area contributed by atoms with Gasteiger partial charge in [-0.25, -0.2) is 28.1 Å². The Kier molecular flexibility index (Phi) is 7.50. The van der Waals surface area contributed by atoms with Crippen LogP contribution in [0.3, 0.4) is 0 Å². The van der Waals surface area contributed by atoms with Gasteiger partial charge in [-0.15, -0.1) is 0 Å². The van der Waals surface area contributed by atoms with Gasteiger partial charge in [0.1, 0.15) is 19.5 Å². The fraction of sp³-hybridized carbons (Fsp3) is 0.450. The predicted molar refractivity (Wildman–Crippen MR) is 135 cm³/mol. The second-order valence-electron chi connectivity index (χ2n) is 7.93. The zero-order valence-electron chi connectivity index (χ0n) is 18.2. The average Bonchev–Trinajstić information content (AvgIpc) is 3.09. The van der Waals surface area contributed by atoms with E-state index in [4.69, 9.17) is 15.2 Å². The fourth-order valence-corrected chi connectivity index (χ4v) is 6.56. The standard InChI is InChI=1S/C20H25IN6O4S2/c1-12(2)10-33(28,29)25-4-3-5-27-19-17(18(22)23-11-24-19)26-20(27)32-16-9-15-14(8-13(16)21)30-6-7-31-15/h8-9,11-12,25H,3-7,10H2,1-2H3,(H2,22,23,24). The van der Waals surface area contributed by atoms with E-state index in [1.54, 1.807) is 0 Å². The van der Waals surface area contributed by atoms with Gasteiger partial charge in [0.05, 0.1) is 5.75 Å². The van der Waals surface area contributed by atoms with E-state index in [1.165, 1.54) is 18.1 Å². The van der Waals surface area contributed by atoms with Crippen molar-refractivity contribution in [2.24, 2.45) is 5.92 Å². The number of anilines is 1. The van der Waals surface area contributed by atoms with Crippen LogP contribution in [0.15, 0.2) is 28.5 Å². The molecule has 3 N–H and O–H groups in total. The predicted octanol–water partition coefficient (Wildman–Crippen LogP) is 2.90. The summed E-state index contributed by atoms with van der Waals surface area (Å²) in [4.78, 5) is 14.1. The van der Waals surface area contributed by atoms with Crippen LogP contribution in [-0.4, -0.2) is 53.4 Å². The van der Waals surface area contributed by atoms with Crippen molar-refractivity contribution in [1.29, 1.82) is 0 Å². The number of nitrogens with zero attached hydrogens (tertiary/aromatic N) is 4. The molecule has 1 aliphatic rings. The number of hydrogen-bond acceptors (Lipinski definition) is 9. The number of aryl methyl sites for hydroxylation is 1. The van der Waals surface area contributed by atoms with Gasteiger partial charge in [-0.2, -0.15) is 0 Å². The van der Waals surface area contributed by atoms with Gasteiger partial charge in [0.25, 0.3) is 0 Å². The third kappa shape index (κ3) is 5.81. The minimum absolute atomic E-state index is 0.0660. The number of aromatic nitrogens is 4. The lowest BCUT2D eigenvalue weighted by atomic mass is 10.3. The summed E-state index contributed by atoms with van der Waals surface area (Å²) in [5.74, 6) is 1.90. The number of nitrogen functional groups attached to an aromatic ring is 1. The number of rotatable bonds is 9. The molecule has 4 rings (SSSR count). The summed E-state index contributed by atoms with van der Waals surface area (Å²) >= 11 is 3.73. The second kappa shape index (κ2) is 10.2. The maximum absolute atomic E-state index is 12.1. The molecule has 0 aliphatic carbocycles. The van der Waals surface area contributed by atoms with Gasteiger partial charge in [-0.1, -0.05) is 25.6 Å². The Labute approximate surface area is 210 Å². The summed E-state index contributed by atoms with van der Waals surface area (Å²) in [5.41, 5.74) is 7.18. The highest BCUT2D eigenvalue weighted by Crippen LogP contribution is 2.40. The van der Waals surface area contributed by atoms with Crippen LogP contribution in [0.4, 0.5) is 5.82 Å². The van der Waals surface area contributed by atoms with Crippen molar-refractivity contribution in [3.05, 3.63) is 22.0 Å². The lowest BCUT2D eigenvalue weighted by Crippen LogP contribution is -2.29. The minimum atomic E-state index is -3.30. The summed E-state index contributed by atoms with van der Waals surface area (Å²) in [6, 6.07) is 3.89. The zero-order chi connectivity index (χ0) is 23.6. The maximum Gasteiger partial charge on any atom is 0.211 e. The SMILES string of the molecule is CC(C)CS(=O)(=O)NCCCn1c(Sc2cc3c(cc2I)OCCO3)nc2c(N)ncnc21. The van der Waals surface area contributed by atoms with Crippen LogP contribution < -0.4 is 19.9 Å². The van der Waals surface area contributed by atoms with Crippen molar-refractivity contribution in [3.63, 3.8) is 0 Å². The third-order valence-corrected chi connectivity index (χ3v) is 8.82. The topological polar surface area (TPSA) is 134 Å². The van der Waals surface area contributed by atoms with E-state index in [2.05, 4.69) is 42.3 Å².